The van der Waals surface area contributed by atoms with Gasteiger partial charge >= 0.3 is 5.97 Å². The Balaban J connectivity index is 1.88. The molecule has 2 bridgehead atoms. The second kappa shape index (κ2) is 4.27. The van der Waals surface area contributed by atoms with Crippen LogP contribution in [0.2, 0.25) is 5.02 Å². The molecule has 18 heavy (non-hydrogen) atoms. The second-order valence-electron chi connectivity index (χ2n) is 5.84. The molecular formula is C15H17ClO2. The van der Waals surface area contributed by atoms with Crippen LogP contribution < -0.4 is 0 Å². The lowest BCUT2D eigenvalue weighted by atomic mass is 9.69. The first-order valence-corrected chi connectivity index (χ1v) is 6.96. The monoisotopic (exact) mass is 264 g/mol. The highest BCUT2D eigenvalue weighted by Crippen LogP contribution is 2.57. The summed E-state index contributed by atoms with van der Waals surface area (Å²) in [6.45, 7) is 0. The van der Waals surface area contributed by atoms with Gasteiger partial charge in [0.15, 0.2) is 0 Å². The molecule has 2 saturated carbocycles. The molecule has 3 rings (SSSR count). The lowest BCUT2D eigenvalue weighted by molar-refractivity contribution is -0.152. The smallest absolute Gasteiger partial charge is 0.310 e. The Labute approximate surface area is 112 Å². The summed E-state index contributed by atoms with van der Waals surface area (Å²) < 4.78 is 0. The molecule has 1 aromatic carbocycles. The minimum absolute atomic E-state index is 0.371. The first-order valence-electron chi connectivity index (χ1n) is 6.58. The van der Waals surface area contributed by atoms with Crippen molar-refractivity contribution in [3.05, 3.63) is 34.9 Å². The van der Waals surface area contributed by atoms with E-state index in [-0.39, 0.29) is 0 Å². The fourth-order valence-corrected chi connectivity index (χ4v) is 4.09. The number of aliphatic carboxylic acids is 1. The van der Waals surface area contributed by atoms with Gasteiger partial charge in [0.05, 0.1) is 5.41 Å². The topological polar surface area (TPSA) is 37.3 Å². The molecule has 1 N–H and O–H groups in total. The van der Waals surface area contributed by atoms with E-state index in [0.717, 1.165) is 24.8 Å². The van der Waals surface area contributed by atoms with E-state index in [1.54, 1.807) is 0 Å². The summed E-state index contributed by atoms with van der Waals surface area (Å²) in [4.78, 5) is 11.8. The van der Waals surface area contributed by atoms with Gasteiger partial charge < -0.3 is 5.11 Å². The van der Waals surface area contributed by atoms with Gasteiger partial charge in [-0.25, -0.2) is 0 Å². The van der Waals surface area contributed by atoms with Crippen LogP contribution >= 0.6 is 11.6 Å². The summed E-state index contributed by atoms with van der Waals surface area (Å²) in [5.41, 5.74) is 0.575. The van der Waals surface area contributed by atoms with Crippen molar-refractivity contribution in [1.82, 2.24) is 0 Å². The SMILES string of the molecule is O=C(O)[C@@]1(Cc2ccc(Cl)cc2)C[C@H]2CC[C@H]1C2. The Kier molecular flexibility index (Phi) is 2.86. The van der Waals surface area contributed by atoms with Crippen molar-refractivity contribution in [1.29, 1.82) is 0 Å². The number of hydrogen-bond acceptors (Lipinski definition) is 1. The van der Waals surface area contributed by atoms with Gasteiger partial charge in [0, 0.05) is 5.02 Å². The largest absolute Gasteiger partial charge is 0.481 e. The highest BCUT2D eigenvalue weighted by Gasteiger charge is 2.55. The van der Waals surface area contributed by atoms with Gasteiger partial charge in [-0.05, 0) is 55.2 Å². The molecule has 2 nitrogen and oxygen atoms in total. The lowest BCUT2D eigenvalue weighted by Gasteiger charge is -2.33. The van der Waals surface area contributed by atoms with Crippen LogP contribution in [0.25, 0.3) is 0 Å². The highest BCUT2D eigenvalue weighted by molar-refractivity contribution is 6.30. The number of carbonyl (C=O) groups is 1. The maximum atomic E-state index is 11.8. The van der Waals surface area contributed by atoms with E-state index in [0.29, 0.717) is 23.3 Å². The maximum absolute atomic E-state index is 11.8. The van der Waals surface area contributed by atoms with E-state index >= 15 is 0 Å². The van der Waals surface area contributed by atoms with Crippen LogP contribution in [0, 0.1) is 17.3 Å². The minimum Gasteiger partial charge on any atom is -0.481 e. The van der Waals surface area contributed by atoms with Crippen LogP contribution in [-0.2, 0) is 11.2 Å². The van der Waals surface area contributed by atoms with Crippen molar-refractivity contribution in [2.75, 3.05) is 0 Å². The molecule has 0 spiro atoms. The van der Waals surface area contributed by atoms with Crippen LogP contribution in [0.4, 0.5) is 0 Å². The van der Waals surface area contributed by atoms with Gasteiger partial charge in [-0.15, -0.1) is 0 Å². The van der Waals surface area contributed by atoms with E-state index in [4.69, 9.17) is 11.6 Å². The minimum atomic E-state index is -0.607. The van der Waals surface area contributed by atoms with Crippen molar-refractivity contribution in [3.8, 4) is 0 Å². The van der Waals surface area contributed by atoms with E-state index in [1.165, 1.54) is 6.42 Å². The first kappa shape index (κ1) is 12.0. The first-order chi connectivity index (χ1) is 8.60. The molecule has 0 radical (unpaired) electrons. The molecular weight excluding hydrogens is 248 g/mol. The summed E-state index contributed by atoms with van der Waals surface area (Å²) in [7, 11) is 0. The van der Waals surface area contributed by atoms with Gasteiger partial charge in [0.1, 0.15) is 0 Å². The molecule has 0 heterocycles. The van der Waals surface area contributed by atoms with Gasteiger partial charge in [0.2, 0.25) is 0 Å². The Morgan fingerprint density at radius 1 is 1.33 bits per heavy atom. The molecule has 2 aliphatic rings. The van der Waals surface area contributed by atoms with E-state index in [1.807, 2.05) is 24.3 Å². The average Bonchev–Trinajstić information content (AvgIpc) is 2.93. The molecule has 0 saturated heterocycles. The predicted octanol–water partition coefficient (Wildman–Crippen LogP) is 3.77. The van der Waals surface area contributed by atoms with Crippen LogP contribution in [0.1, 0.15) is 31.2 Å². The zero-order chi connectivity index (χ0) is 12.8. The van der Waals surface area contributed by atoms with Gasteiger partial charge in [-0.2, -0.15) is 0 Å². The zero-order valence-electron chi connectivity index (χ0n) is 10.2. The molecule has 2 fully saturated rings. The molecule has 0 amide bonds. The summed E-state index contributed by atoms with van der Waals surface area (Å²) in [5.74, 6) is 0.402. The number of carboxylic acids is 1. The number of halogens is 1. The molecule has 0 aromatic heterocycles. The van der Waals surface area contributed by atoms with Crippen molar-refractivity contribution >= 4 is 17.6 Å². The molecule has 0 unspecified atom stereocenters. The van der Waals surface area contributed by atoms with Crippen molar-refractivity contribution in [2.45, 2.75) is 32.1 Å². The molecule has 96 valence electrons. The van der Waals surface area contributed by atoms with Crippen LogP contribution in [0.15, 0.2) is 24.3 Å². The summed E-state index contributed by atoms with van der Waals surface area (Å²) in [6.07, 6.45) is 4.93. The van der Waals surface area contributed by atoms with Crippen LogP contribution in [-0.4, -0.2) is 11.1 Å². The molecule has 0 aliphatic heterocycles. The fraction of sp³-hybridized carbons (Fsp3) is 0.533. The van der Waals surface area contributed by atoms with E-state index in [9.17, 15) is 9.90 Å². The summed E-state index contributed by atoms with van der Waals surface area (Å²) in [6, 6.07) is 7.61. The number of carboxylic acid groups (broad SMARTS) is 1. The third-order valence-electron chi connectivity index (χ3n) is 4.83. The Morgan fingerprint density at radius 2 is 2.06 bits per heavy atom. The number of hydrogen-bond donors (Lipinski definition) is 1. The average molecular weight is 265 g/mol. The third-order valence-corrected chi connectivity index (χ3v) is 5.09. The molecule has 1 aromatic rings. The maximum Gasteiger partial charge on any atom is 0.310 e. The van der Waals surface area contributed by atoms with Crippen molar-refractivity contribution in [2.24, 2.45) is 17.3 Å². The van der Waals surface area contributed by atoms with E-state index < -0.39 is 11.4 Å². The van der Waals surface area contributed by atoms with Crippen molar-refractivity contribution in [3.63, 3.8) is 0 Å². The number of fused-ring (bicyclic) bond motifs is 2. The summed E-state index contributed by atoms with van der Waals surface area (Å²) >= 11 is 5.87. The van der Waals surface area contributed by atoms with E-state index in [2.05, 4.69) is 0 Å². The highest BCUT2D eigenvalue weighted by atomic mass is 35.5. The third kappa shape index (κ3) is 1.83. The quantitative estimate of drug-likeness (QED) is 0.902. The molecule has 3 heteroatoms. The zero-order valence-corrected chi connectivity index (χ0v) is 11.0. The van der Waals surface area contributed by atoms with Crippen LogP contribution in [0.5, 0.6) is 0 Å². The summed E-state index contributed by atoms with van der Waals surface area (Å²) in [5, 5.41) is 10.4. The van der Waals surface area contributed by atoms with Gasteiger partial charge in [-0.1, -0.05) is 30.2 Å². The second-order valence-corrected chi connectivity index (χ2v) is 6.28. The molecule has 3 atom stereocenters. The standard InChI is InChI=1S/C15H17ClO2/c16-13-5-2-10(3-6-13)8-15(14(17)18)9-11-1-4-12(15)7-11/h2-3,5-6,11-12H,1,4,7-9H2,(H,17,18)/t11-,12-,15-/m0/s1. The van der Waals surface area contributed by atoms with Gasteiger partial charge in [-0.3, -0.25) is 4.79 Å². The Morgan fingerprint density at radius 3 is 2.56 bits per heavy atom. The number of rotatable bonds is 3. The fourth-order valence-electron chi connectivity index (χ4n) is 3.96. The van der Waals surface area contributed by atoms with Gasteiger partial charge in [0.25, 0.3) is 0 Å². The normalized spacial score (nSPS) is 33.8. The van der Waals surface area contributed by atoms with Crippen LogP contribution in [0.3, 0.4) is 0 Å². The Hall–Kier alpha value is -1.02. The number of benzene rings is 1. The van der Waals surface area contributed by atoms with Crippen molar-refractivity contribution < 1.29 is 9.90 Å². The lowest BCUT2D eigenvalue weighted by Crippen LogP contribution is -2.38. The molecule has 2 aliphatic carbocycles. The Bertz CT molecular complexity index is 468. The predicted molar refractivity (Wildman–Crippen MR) is 70.7 cm³/mol.